The summed E-state index contributed by atoms with van der Waals surface area (Å²) in [5.74, 6) is 1.04. The van der Waals surface area contributed by atoms with Gasteiger partial charge in [-0.15, -0.1) is 0 Å². The molecule has 0 amide bonds. The Kier molecular flexibility index (Phi) is 4.01. The maximum Gasteiger partial charge on any atom is 0.129 e. The van der Waals surface area contributed by atoms with Gasteiger partial charge in [-0.3, -0.25) is 0 Å². The van der Waals surface area contributed by atoms with E-state index in [1.54, 1.807) is 0 Å². The number of aromatic nitrogens is 1. The highest BCUT2D eigenvalue weighted by molar-refractivity contribution is 9.10. The molecule has 0 aliphatic carbocycles. The zero-order valence-electron chi connectivity index (χ0n) is 10.4. The van der Waals surface area contributed by atoms with Crippen LogP contribution in [0.15, 0.2) is 16.7 Å². The third kappa shape index (κ3) is 2.78. The van der Waals surface area contributed by atoms with Gasteiger partial charge in [0, 0.05) is 36.8 Å². The average Bonchev–Trinajstić information content (AvgIpc) is 2.32. The molecule has 4 nitrogen and oxygen atoms in total. The first-order valence-corrected chi connectivity index (χ1v) is 6.68. The van der Waals surface area contributed by atoms with Crippen LogP contribution in [0.3, 0.4) is 0 Å². The smallest absolute Gasteiger partial charge is 0.129 e. The van der Waals surface area contributed by atoms with Gasteiger partial charge >= 0.3 is 0 Å². The minimum Gasteiger partial charge on any atom is -0.350 e. The summed E-state index contributed by atoms with van der Waals surface area (Å²) in [6.07, 6.45) is 1.87. The van der Waals surface area contributed by atoms with E-state index in [1.165, 1.54) is 5.56 Å². The Morgan fingerprint density at radius 3 is 2.94 bits per heavy atom. The van der Waals surface area contributed by atoms with Crippen molar-refractivity contribution in [2.45, 2.75) is 13.0 Å². The molecule has 0 radical (unpaired) electrons. The number of nitrogens with two attached hydrogens (primary N) is 1. The summed E-state index contributed by atoms with van der Waals surface area (Å²) >= 11 is 3.48. The van der Waals surface area contributed by atoms with Gasteiger partial charge in [-0.2, -0.15) is 0 Å². The highest BCUT2D eigenvalue weighted by Gasteiger charge is 2.25. The lowest BCUT2D eigenvalue weighted by Crippen LogP contribution is -2.55. The van der Waals surface area contributed by atoms with Crippen molar-refractivity contribution in [2.75, 3.05) is 38.1 Å². The molecule has 94 valence electrons. The molecule has 2 N–H and O–H groups in total. The van der Waals surface area contributed by atoms with Gasteiger partial charge in [0.25, 0.3) is 0 Å². The van der Waals surface area contributed by atoms with E-state index in [-0.39, 0.29) is 0 Å². The fourth-order valence-corrected chi connectivity index (χ4v) is 2.41. The summed E-state index contributed by atoms with van der Waals surface area (Å²) < 4.78 is 1.06. The first-order chi connectivity index (χ1) is 8.11. The lowest BCUT2D eigenvalue weighted by molar-refractivity contribution is 0.269. The summed E-state index contributed by atoms with van der Waals surface area (Å²) in [6.45, 7) is 5.82. The van der Waals surface area contributed by atoms with Crippen LogP contribution in [0.2, 0.25) is 0 Å². The fraction of sp³-hybridized carbons (Fsp3) is 0.583. The van der Waals surface area contributed by atoms with Crippen LogP contribution in [0.1, 0.15) is 5.56 Å². The fourth-order valence-electron chi connectivity index (χ4n) is 2.20. The van der Waals surface area contributed by atoms with E-state index in [2.05, 4.69) is 50.8 Å². The molecule has 1 atom stereocenters. The summed E-state index contributed by atoms with van der Waals surface area (Å²) in [5.41, 5.74) is 7.07. The molecule has 1 aliphatic heterocycles. The largest absolute Gasteiger partial charge is 0.350 e. The maximum atomic E-state index is 5.86. The average molecular weight is 299 g/mol. The summed E-state index contributed by atoms with van der Waals surface area (Å²) in [6, 6.07) is 2.49. The molecule has 1 aromatic rings. The quantitative estimate of drug-likeness (QED) is 0.892. The summed E-state index contributed by atoms with van der Waals surface area (Å²) in [7, 11) is 2.14. The second-order valence-corrected chi connectivity index (χ2v) is 5.49. The Morgan fingerprint density at radius 2 is 2.29 bits per heavy atom. The normalized spacial score (nSPS) is 21.9. The van der Waals surface area contributed by atoms with E-state index >= 15 is 0 Å². The van der Waals surface area contributed by atoms with E-state index < -0.39 is 0 Å². The molecule has 1 aliphatic rings. The zero-order valence-corrected chi connectivity index (χ0v) is 11.9. The van der Waals surface area contributed by atoms with Gasteiger partial charge < -0.3 is 15.5 Å². The van der Waals surface area contributed by atoms with Crippen molar-refractivity contribution in [3.8, 4) is 0 Å². The van der Waals surface area contributed by atoms with Crippen molar-refractivity contribution >= 4 is 21.7 Å². The first kappa shape index (κ1) is 12.8. The molecule has 5 heteroatoms. The monoisotopic (exact) mass is 298 g/mol. The molecular formula is C12H19BrN4. The Balaban J connectivity index is 2.22. The van der Waals surface area contributed by atoms with E-state index in [4.69, 9.17) is 5.73 Å². The van der Waals surface area contributed by atoms with Crippen LogP contribution in [-0.2, 0) is 0 Å². The molecule has 2 rings (SSSR count). The van der Waals surface area contributed by atoms with Crippen LogP contribution in [0.4, 0.5) is 5.82 Å². The SMILES string of the molecule is Cc1cc(N2CCN(C)CC2CN)ncc1Br. The second kappa shape index (κ2) is 5.33. The molecular weight excluding hydrogens is 280 g/mol. The van der Waals surface area contributed by atoms with Gasteiger partial charge in [-0.25, -0.2) is 4.98 Å². The van der Waals surface area contributed by atoms with Crippen molar-refractivity contribution < 1.29 is 0 Å². The van der Waals surface area contributed by atoms with Gasteiger partial charge in [0.1, 0.15) is 5.82 Å². The molecule has 1 fully saturated rings. The van der Waals surface area contributed by atoms with E-state index in [1.807, 2.05) is 6.20 Å². The number of hydrogen-bond acceptors (Lipinski definition) is 4. The second-order valence-electron chi connectivity index (χ2n) is 4.64. The molecule has 17 heavy (non-hydrogen) atoms. The number of pyridine rings is 1. The standard InChI is InChI=1S/C12H19BrN4/c1-9-5-12(15-7-11(9)13)17-4-3-16(2)8-10(17)6-14/h5,7,10H,3-4,6,8,14H2,1-2H3. The number of anilines is 1. The topological polar surface area (TPSA) is 45.4 Å². The molecule has 0 spiro atoms. The predicted molar refractivity (Wildman–Crippen MR) is 74.4 cm³/mol. The number of likely N-dealkylation sites (N-methyl/N-ethyl adjacent to an activating group) is 1. The third-order valence-electron chi connectivity index (χ3n) is 3.28. The van der Waals surface area contributed by atoms with Crippen LogP contribution in [-0.4, -0.2) is 49.2 Å². The third-order valence-corrected chi connectivity index (χ3v) is 4.11. The number of hydrogen-bond donors (Lipinski definition) is 1. The van der Waals surface area contributed by atoms with Crippen molar-refractivity contribution in [1.82, 2.24) is 9.88 Å². The van der Waals surface area contributed by atoms with Gasteiger partial charge in [-0.05, 0) is 41.5 Å². The highest BCUT2D eigenvalue weighted by Crippen LogP contribution is 2.22. The van der Waals surface area contributed by atoms with Crippen molar-refractivity contribution in [1.29, 1.82) is 0 Å². The molecule has 2 heterocycles. The lowest BCUT2D eigenvalue weighted by Gasteiger charge is -2.40. The zero-order chi connectivity index (χ0) is 12.4. The molecule has 1 saturated heterocycles. The number of halogens is 1. The van der Waals surface area contributed by atoms with Crippen LogP contribution in [0.25, 0.3) is 0 Å². The Labute approximate surface area is 111 Å². The number of aryl methyl sites for hydroxylation is 1. The van der Waals surface area contributed by atoms with Crippen LogP contribution in [0, 0.1) is 6.92 Å². The van der Waals surface area contributed by atoms with Crippen LogP contribution >= 0.6 is 15.9 Å². The lowest BCUT2D eigenvalue weighted by atomic mass is 10.1. The summed E-state index contributed by atoms with van der Waals surface area (Å²) in [4.78, 5) is 9.13. The van der Waals surface area contributed by atoms with Crippen molar-refractivity contribution in [2.24, 2.45) is 5.73 Å². The van der Waals surface area contributed by atoms with Crippen LogP contribution < -0.4 is 10.6 Å². The van der Waals surface area contributed by atoms with Gasteiger partial charge in [0.05, 0.1) is 6.04 Å². The Hall–Kier alpha value is -0.650. The van der Waals surface area contributed by atoms with Gasteiger partial charge in [0.2, 0.25) is 0 Å². The van der Waals surface area contributed by atoms with E-state index in [0.717, 1.165) is 29.9 Å². The molecule has 1 unspecified atom stereocenters. The molecule has 0 aromatic carbocycles. The van der Waals surface area contributed by atoms with Crippen molar-refractivity contribution in [3.63, 3.8) is 0 Å². The maximum absolute atomic E-state index is 5.86. The molecule has 1 aromatic heterocycles. The predicted octanol–water partition coefficient (Wildman–Crippen LogP) is 1.23. The minimum atomic E-state index is 0.363. The molecule has 0 saturated carbocycles. The highest BCUT2D eigenvalue weighted by atomic mass is 79.9. The van der Waals surface area contributed by atoms with Crippen molar-refractivity contribution in [3.05, 3.63) is 22.3 Å². The van der Waals surface area contributed by atoms with Crippen LogP contribution in [0.5, 0.6) is 0 Å². The number of rotatable bonds is 2. The minimum absolute atomic E-state index is 0.363. The van der Waals surface area contributed by atoms with Gasteiger partial charge in [-0.1, -0.05) is 0 Å². The summed E-state index contributed by atoms with van der Waals surface area (Å²) in [5, 5.41) is 0. The Bertz CT molecular complexity index is 396. The van der Waals surface area contributed by atoms with Gasteiger partial charge in [0.15, 0.2) is 0 Å². The van der Waals surface area contributed by atoms with E-state index in [9.17, 15) is 0 Å². The first-order valence-electron chi connectivity index (χ1n) is 5.89. The van der Waals surface area contributed by atoms with E-state index in [0.29, 0.717) is 12.6 Å². The number of piperazine rings is 1. The molecule has 0 bridgehead atoms. The number of nitrogens with zero attached hydrogens (tertiary/aromatic N) is 3. The Morgan fingerprint density at radius 1 is 1.53 bits per heavy atom.